The number of carboxylic acid groups (broad SMARTS) is 1. The fraction of sp³-hybridized carbons (Fsp3) is 0.550. The summed E-state index contributed by atoms with van der Waals surface area (Å²) in [5.74, 6) is -2.95. The Morgan fingerprint density at radius 2 is 1.74 bits per heavy atom. The summed E-state index contributed by atoms with van der Waals surface area (Å²) in [7, 11) is -4.01. The Bertz CT molecular complexity index is 868. The molecule has 31 heavy (non-hydrogen) atoms. The number of hydrogen-bond donors (Lipinski definition) is 3. The summed E-state index contributed by atoms with van der Waals surface area (Å²) in [5, 5.41) is 22.8. The zero-order valence-electron chi connectivity index (χ0n) is 17.8. The smallest absolute Gasteiger partial charge is 0.338 e. The van der Waals surface area contributed by atoms with Crippen LogP contribution < -0.4 is 5.32 Å². The lowest BCUT2D eigenvalue weighted by Crippen LogP contribution is -2.54. The highest BCUT2D eigenvalue weighted by atomic mass is 32.2. The summed E-state index contributed by atoms with van der Waals surface area (Å²) >= 11 is 0. The number of carbonyl (C=O) groups is 3. The summed E-state index contributed by atoms with van der Waals surface area (Å²) in [4.78, 5) is 34.6. The number of ether oxygens (including phenoxy) is 1. The highest BCUT2D eigenvalue weighted by molar-refractivity contribution is 7.86. The predicted molar refractivity (Wildman–Crippen MR) is 111 cm³/mol. The first-order valence-corrected chi connectivity index (χ1v) is 11.2. The molecule has 1 rings (SSSR count). The molecule has 0 bridgehead atoms. The Kier molecular flexibility index (Phi) is 9.60. The molecule has 10 nitrogen and oxygen atoms in total. The quantitative estimate of drug-likeness (QED) is 0.222. The van der Waals surface area contributed by atoms with Gasteiger partial charge >= 0.3 is 11.9 Å². The third-order valence-corrected chi connectivity index (χ3v) is 5.99. The van der Waals surface area contributed by atoms with Crippen molar-refractivity contribution in [2.75, 3.05) is 25.5 Å². The molecule has 0 aliphatic rings. The summed E-state index contributed by atoms with van der Waals surface area (Å²) < 4.78 is 34.1. The molecule has 0 aliphatic heterocycles. The van der Waals surface area contributed by atoms with Crippen LogP contribution in [0.15, 0.2) is 30.3 Å². The second-order valence-corrected chi connectivity index (χ2v) is 9.42. The molecule has 0 saturated carbocycles. The van der Waals surface area contributed by atoms with E-state index in [1.54, 1.807) is 18.2 Å². The van der Waals surface area contributed by atoms with E-state index in [2.05, 4.69) is 5.32 Å². The van der Waals surface area contributed by atoms with Crippen molar-refractivity contribution in [3.8, 4) is 0 Å². The van der Waals surface area contributed by atoms with Crippen LogP contribution in [0.5, 0.6) is 0 Å². The van der Waals surface area contributed by atoms with Crippen molar-refractivity contribution in [2.45, 2.75) is 39.2 Å². The zero-order chi connectivity index (χ0) is 23.7. The Morgan fingerprint density at radius 1 is 1.13 bits per heavy atom. The fourth-order valence-electron chi connectivity index (χ4n) is 2.61. The first-order chi connectivity index (χ1) is 14.3. The van der Waals surface area contributed by atoms with Gasteiger partial charge in [0.1, 0.15) is 0 Å². The third-order valence-electron chi connectivity index (χ3n) is 4.72. The molecular weight excluding hydrogens is 430 g/mol. The normalized spacial score (nSPS) is 13.8. The summed E-state index contributed by atoms with van der Waals surface area (Å²) in [6.45, 7) is 3.12. The van der Waals surface area contributed by atoms with E-state index in [1.807, 2.05) is 0 Å². The number of aliphatic hydroxyl groups is 1. The van der Waals surface area contributed by atoms with Crippen molar-refractivity contribution in [1.82, 2.24) is 5.32 Å². The van der Waals surface area contributed by atoms with Crippen LogP contribution in [-0.4, -0.2) is 67.6 Å². The van der Waals surface area contributed by atoms with Crippen LogP contribution in [0, 0.1) is 5.41 Å². The molecule has 0 saturated heterocycles. The average Bonchev–Trinajstić information content (AvgIpc) is 2.70. The van der Waals surface area contributed by atoms with Gasteiger partial charge < -0.3 is 20.3 Å². The van der Waals surface area contributed by atoms with E-state index in [9.17, 15) is 33.0 Å². The maximum absolute atomic E-state index is 12.0. The van der Waals surface area contributed by atoms with Gasteiger partial charge in [0.15, 0.2) is 5.60 Å². The lowest BCUT2D eigenvalue weighted by atomic mass is 9.73. The van der Waals surface area contributed by atoms with Crippen LogP contribution in [0.4, 0.5) is 0 Å². The number of esters is 1. The molecule has 0 aliphatic carbocycles. The zero-order valence-corrected chi connectivity index (χ0v) is 18.6. The van der Waals surface area contributed by atoms with Gasteiger partial charge in [-0.05, 0) is 18.6 Å². The van der Waals surface area contributed by atoms with Gasteiger partial charge in [0.05, 0.1) is 24.5 Å². The number of nitrogens with one attached hydrogen (secondary N) is 1. The van der Waals surface area contributed by atoms with Gasteiger partial charge in [-0.15, -0.1) is 0 Å². The second kappa shape index (κ2) is 11.2. The van der Waals surface area contributed by atoms with E-state index in [0.29, 0.717) is 0 Å². The molecule has 1 atom stereocenters. The van der Waals surface area contributed by atoms with Crippen molar-refractivity contribution in [2.24, 2.45) is 5.41 Å². The maximum atomic E-state index is 12.0. The first-order valence-electron chi connectivity index (χ1n) is 9.60. The second-order valence-electron chi connectivity index (χ2n) is 7.66. The fourth-order valence-corrected chi connectivity index (χ4v) is 3.70. The largest absolute Gasteiger partial charge is 0.479 e. The van der Waals surface area contributed by atoms with Crippen molar-refractivity contribution >= 4 is 28.0 Å². The first kappa shape index (κ1) is 26.5. The third kappa shape index (κ3) is 8.27. The number of benzene rings is 1. The van der Waals surface area contributed by atoms with E-state index in [4.69, 9.17) is 8.92 Å². The lowest BCUT2D eigenvalue weighted by Gasteiger charge is -2.38. The molecule has 11 heteroatoms. The topological polar surface area (TPSA) is 156 Å². The van der Waals surface area contributed by atoms with Gasteiger partial charge in [-0.25, -0.2) is 9.59 Å². The van der Waals surface area contributed by atoms with Gasteiger partial charge in [0, 0.05) is 25.3 Å². The van der Waals surface area contributed by atoms with E-state index < -0.39 is 52.7 Å². The van der Waals surface area contributed by atoms with Crippen molar-refractivity contribution in [3.63, 3.8) is 0 Å². The van der Waals surface area contributed by atoms with E-state index in [0.717, 1.165) is 0 Å². The molecule has 0 radical (unpaired) electrons. The molecule has 174 valence electrons. The van der Waals surface area contributed by atoms with Crippen molar-refractivity contribution in [3.05, 3.63) is 35.9 Å². The molecule has 0 spiro atoms. The van der Waals surface area contributed by atoms with Crippen molar-refractivity contribution < 1.29 is 41.9 Å². The molecule has 3 N–H and O–H groups in total. The Hall–Kier alpha value is -2.50. The monoisotopic (exact) mass is 459 g/mol. The molecular formula is C20H29NO9S. The minimum Gasteiger partial charge on any atom is -0.479 e. The lowest BCUT2D eigenvalue weighted by molar-refractivity contribution is -0.178. The summed E-state index contributed by atoms with van der Waals surface area (Å²) in [6.07, 6.45) is -0.360. The summed E-state index contributed by atoms with van der Waals surface area (Å²) in [5.41, 5.74) is -3.69. The van der Waals surface area contributed by atoms with Crippen molar-refractivity contribution in [1.29, 1.82) is 0 Å². The predicted octanol–water partition coefficient (Wildman–Crippen LogP) is 0.948. The molecule has 1 aromatic rings. The average molecular weight is 460 g/mol. The SMILES string of the molecule is CC(=O)NCCCS(=O)(=O)OCC(C)(C)[C@](O)(CCOC(=O)c1ccccc1)C(=O)O. The van der Waals surface area contributed by atoms with Crippen LogP contribution in [0.3, 0.4) is 0 Å². The highest BCUT2D eigenvalue weighted by Gasteiger charge is 2.50. The van der Waals surface area contributed by atoms with Crippen LogP contribution in [0.2, 0.25) is 0 Å². The molecule has 1 amide bonds. The van der Waals surface area contributed by atoms with Gasteiger partial charge in [0.2, 0.25) is 5.91 Å². The van der Waals surface area contributed by atoms with E-state index in [1.165, 1.54) is 32.9 Å². The Balaban J connectivity index is 2.69. The number of rotatable bonds is 13. The number of amides is 1. The van der Waals surface area contributed by atoms with Gasteiger partial charge in [0.25, 0.3) is 10.1 Å². The van der Waals surface area contributed by atoms with Crippen LogP contribution >= 0.6 is 0 Å². The minimum atomic E-state index is -4.01. The van der Waals surface area contributed by atoms with Crippen LogP contribution in [0.1, 0.15) is 44.0 Å². The number of carboxylic acids is 1. The number of hydrogen-bond acceptors (Lipinski definition) is 8. The van der Waals surface area contributed by atoms with E-state index >= 15 is 0 Å². The van der Waals surface area contributed by atoms with Crippen LogP contribution in [0.25, 0.3) is 0 Å². The molecule has 0 unspecified atom stereocenters. The Morgan fingerprint density at radius 3 is 2.29 bits per heavy atom. The van der Waals surface area contributed by atoms with Gasteiger partial charge in [-0.3, -0.25) is 8.98 Å². The molecule has 0 aromatic heterocycles. The maximum Gasteiger partial charge on any atom is 0.338 e. The number of carbonyl (C=O) groups excluding carboxylic acids is 2. The highest BCUT2D eigenvalue weighted by Crippen LogP contribution is 2.35. The van der Waals surface area contributed by atoms with E-state index in [-0.39, 0.29) is 30.2 Å². The molecule has 1 aromatic carbocycles. The molecule has 0 fully saturated rings. The van der Waals surface area contributed by atoms with Crippen LogP contribution in [-0.2, 0) is 28.6 Å². The number of aliphatic carboxylic acids is 1. The van der Waals surface area contributed by atoms with Gasteiger partial charge in [-0.2, -0.15) is 8.42 Å². The Labute approximate surface area is 181 Å². The summed E-state index contributed by atoms with van der Waals surface area (Å²) in [6, 6.07) is 8.06. The molecule has 0 heterocycles. The van der Waals surface area contributed by atoms with Gasteiger partial charge in [-0.1, -0.05) is 32.0 Å². The minimum absolute atomic E-state index is 0.112. The standard InChI is InChI=1S/C20H29NO9S/c1-15(22)21-11-7-13-31(27,28)30-14-19(2,3)20(26,18(24)25)10-12-29-17(23)16-8-5-4-6-9-16/h4-6,8-9,26H,7,10-14H2,1-3H3,(H,21,22)(H,24,25)/t20-/m0/s1.